The summed E-state index contributed by atoms with van der Waals surface area (Å²) in [6, 6.07) is 16.6. The van der Waals surface area contributed by atoms with Gasteiger partial charge in [-0.3, -0.25) is 20.6 Å². The van der Waals surface area contributed by atoms with Gasteiger partial charge in [-0.25, -0.2) is 23.5 Å². The van der Waals surface area contributed by atoms with Gasteiger partial charge in [0.2, 0.25) is 0 Å². The molecule has 5 rings (SSSR count). The first-order valence-corrected chi connectivity index (χ1v) is 17.7. The molecule has 3 heterocycles. The van der Waals surface area contributed by atoms with Crippen LogP contribution < -0.4 is 16.1 Å². The van der Waals surface area contributed by atoms with E-state index in [1.165, 1.54) is 4.90 Å². The minimum atomic E-state index is -3.94. The molecule has 0 aliphatic carbocycles. The van der Waals surface area contributed by atoms with Gasteiger partial charge in [0.05, 0.1) is 22.8 Å². The molecule has 3 aliphatic rings. The smallest absolute Gasteiger partial charge is 0.409 e. The largest absolute Gasteiger partial charge is 0.459 e. The van der Waals surface area contributed by atoms with Crippen molar-refractivity contribution in [2.75, 3.05) is 38.5 Å². The van der Waals surface area contributed by atoms with Crippen molar-refractivity contribution < 1.29 is 37.5 Å². The Labute approximate surface area is 280 Å². The van der Waals surface area contributed by atoms with Crippen molar-refractivity contribution in [2.45, 2.75) is 56.5 Å². The molecular formula is C34H41N5O8S. The number of benzene rings is 2. The van der Waals surface area contributed by atoms with Crippen molar-refractivity contribution in [3.63, 3.8) is 0 Å². The normalized spacial score (nSPS) is 22.2. The molecule has 256 valence electrons. The van der Waals surface area contributed by atoms with E-state index in [0.29, 0.717) is 31.5 Å². The summed E-state index contributed by atoms with van der Waals surface area (Å²) in [4.78, 5) is 40.6. The van der Waals surface area contributed by atoms with Crippen molar-refractivity contribution in [1.82, 2.24) is 21.0 Å². The molecule has 2 aromatic carbocycles. The summed E-state index contributed by atoms with van der Waals surface area (Å²) in [6.07, 6.45) is 2.46. The van der Waals surface area contributed by atoms with E-state index in [1.54, 1.807) is 17.6 Å². The van der Waals surface area contributed by atoms with E-state index in [0.717, 1.165) is 22.3 Å². The number of hydrogen-bond donors (Lipinski definition) is 4. The van der Waals surface area contributed by atoms with Crippen LogP contribution in [0.3, 0.4) is 0 Å². The molecular weight excluding hydrogens is 638 g/mol. The maximum Gasteiger partial charge on any atom is 0.409 e. The lowest BCUT2D eigenvalue weighted by molar-refractivity contribution is -0.154. The second kappa shape index (κ2) is 14.9. The number of esters is 1. The summed E-state index contributed by atoms with van der Waals surface area (Å²) in [6.45, 7) is 2.59. The number of nitriles is 1. The van der Waals surface area contributed by atoms with Crippen molar-refractivity contribution in [1.29, 1.82) is 5.26 Å². The van der Waals surface area contributed by atoms with E-state index < -0.39 is 49.9 Å². The molecule has 0 saturated carbocycles. The Morgan fingerprint density at radius 2 is 1.85 bits per heavy atom. The third-order valence-electron chi connectivity index (χ3n) is 9.56. The number of hydroxylamine groups is 1. The zero-order chi connectivity index (χ0) is 34.4. The van der Waals surface area contributed by atoms with Gasteiger partial charge in [0.1, 0.15) is 18.6 Å². The summed E-state index contributed by atoms with van der Waals surface area (Å²) in [5, 5.41) is 24.0. The van der Waals surface area contributed by atoms with E-state index in [1.807, 2.05) is 49.4 Å². The fraction of sp³-hybridized carbons (Fsp3) is 0.471. The molecule has 2 saturated heterocycles. The van der Waals surface area contributed by atoms with Crippen LogP contribution in [0.2, 0.25) is 0 Å². The number of hydrogen-bond acceptors (Lipinski definition) is 11. The van der Waals surface area contributed by atoms with Crippen LogP contribution in [-0.2, 0) is 35.5 Å². The highest BCUT2D eigenvalue weighted by Crippen LogP contribution is 2.37. The third kappa shape index (κ3) is 7.71. The summed E-state index contributed by atoms with van der Waals surface area (Å²) in [7, 11) is -3.94. The van der Waals surface area contributed by atoms with Crippen molar-refractivity contribution in [3.8, 4) is 6.07 Å². The molecule has 0 aromatic heterocycles. The second-order valence-electron chi connectivity index (χ2n) is 12.7. The first kappa shape index (κ1) is 35.0. The molecule has 2 aromatic rings. The molecule has 0 radical (unpaired) electrons. The Hall–Kier alpha value is -4.29. The Kier molecular flexibility index (Phi) is 10.8. The van der Waals surface area contributed by atoms with Crippen LogP contribution in [0.25, 0.3) is 5.57 Å². The monoisotopic (exact) mass is 679 g/mol. The lowest BCUT2D eigenvalue weighted by Gasteiger charge is -2.40. The number of ether oxygens (including phenoxy) is 2. The number of rotatable bonds is 10. The first-order valence-electron chi connectivity index (χ1n) is 16.0. The third-order valence-corrected chi connectivity index (χ3v) is 11.7. The van der Waals surface area contributed by atoms with Crippen LogP contribution >= 0.6 is 0 Å². The summed E-state index contributed by atoms with van der Waals surface area (Å²) in [5.74, 6) is -1.88. The molecule has 2 atom stereocenters. The van der Waals surface area contributed by atoms with Gasteiger partial charge in [-0.05, 0) is 73.5 Å². The molecule has 1 unspecified atom stereocenters. The summed E-state index contributed by atoms with van der Waals surface area (Å²) < 4.78 is 38.7. The van der Waals surface area contributed by atoms with Gasteiger partial charge in [0, 0.05) is 26.1 Å². The molecule has 2 amide bonds. The van der Waals surface area contributed by atoms with E-state index >= 15 is 0 Å². The SMILES string of the molecule is Cc1cc(C#N)ccc1C1=CCNC(S(=O)(=O)CC2(C(=O)NO)CCN(C(=O)OC[C@@]3(C(=O)OCc4ccccc4)CCCN3)CC2)C1. The molecule has 2 fully saturated rings. The van der Waals surface area contributed by atoms with Crippen LogP contribution in [0.5, 0.6) is 0 Å². The number of sulfone groups is 1. The van der Waals surface area contributed by atoms with E-state index in [2.05, 4.69) is 16.7 Å². The van der Waals surface area contributed by atoms with Crippen LogP contribution in [0.4, 0.5) is 4.79 Å². The first-order chi connectivity index (χ1) is 23.0. The molecule has 0 bridgehead atoms. The number of carbonyl (C=O) groups is 3. The molecule has 0 spiro atoms. The highest BCUT2D eigenvalue weighted by Gasteiger charge is 2.49. The van der Waals surface area contributed by atoms with Gasteiger partial charge in [-0.15, -0.1) is 0 Å². The van der Waals surface area contributed by atoms with Crippen molar-refractivity contribution in [3.05, 3.63) is 76.9 Å². The standard InChI is InChI=1S/C34H41N5O8S/c1-24-18-26(20-35)8-9-28(24)27-10-15-36-29(19-27)48(44,45)23-33(30(40)38-43)12-16-39(17-13-33)32(42)47-22-34(11-5-14-37-34)31(41)46-21-25-6-3-2-4-7-25/h2-4,6-10,18,29,36-37,43H,5,11-17,19,21-23H2,1H3,(H,38,40)/t29?,34-/m1/s1. The predicted molar refractivity (Wildman–Crippen MR) is 175 cm³/mol. The predicted octanol–water partition coefficient (Wildman–Crippen LogP) is 2.57. The van der Waals surface area contributed by atoms with Gasteiger partial charge in [0.25, 0.3) is 5.91 Å². The minimum absolute atomic E-state index is 0.00827. The molecule has 13 nitrogen and oxygen atoms in total. The number of nitrogens with zero attached hydrogens (tertiary/aromatic N) is 2. The zero-order valence-electron chi connectivity index (χ0n) is 26.9. The maximum atomic E-state index is 13.8. The molecule has 4 N–H and O–H groups in total. The number of carbonyl (C=O) groups excluding carboxylic acids is 3. The fourth-order valence-corrected chi connectivity index (χ4v) is 8.87. The highest BCUT2D eigenvalue weighted by atomic mass is 32.2. The van der Waals surface area contributed by atoms with Crippen LogP contribution in [0.1, 0.15) is 54.4 Å². The summed E-state index contributed by atoms with van der Waals surface area (Å²) in [5.41, 5.74) is 2.86. The minimum Gasteiger partial charge on any atom is -0.459 e. The average Bonchev–Trinajstić information content (AvgIpc) is 3.60. The Morgan fingerprint density at radius 3 is 2.50 bits per heavy atom. The average molecular weight is 680 g/mol. The second-order valence-corrected chi connectivity index (χ2v) is 14.9. The Bertz CT molecular complexity index is 1690. The fourth-order valence-electron chi connectivity index (χ4n) is 6.69. The molecule has 14 heteroatoms. The van der Waals surface area contributed by atoms with Crippen molar-refractivity contribution in [2.24, 2.45) is 5.41 Å². The van der Waals surface area contributed by atoms with Gasteiger partial charge >= 0.3 is 12.1 Å². The van der Waals surface area contributed by atoms with Gasteiger partial charge < -0.3 is 14.4 Å². The van der Waals surface area contributed by atoms with Crippen LogP contribution in [0, 0.1) is 23.7 Å². The van der Waals surface area contributed by atoms with Crippen LogP contribution in [-0.4, -0.2) is 85.9 Å². The lowest BCUT2D eigenvalue weighted by atomic mass is 9.79. The quantitative estimate of drug-likeness (QED) is 0.164. The topological polar surface area (TPSA) is 187 Å². The van der Waals surface area contributed by atoms with Gasteiger partial charge in [0.15, 0.2) is 15.4 Å². The number of nitrogens with one attached hydrogen (secondary N) is 3. The Morgan fingerprint density at radius 1 is 1.10 bits per heavy atom. The number of piperidine rings is 1. The van der Waals surface area contributed by atoms with Gasteiger partial charge in [-0.2, -0.15) is 5.26 Å². The highest BCUT2D eigenvalue weighted by molar-refractivity contribution is 7.92. The number of likely N-dealkylation sites (tertiary alicyclic amines) is 1. The van der Waals surface area contributed by atoms with E-state index in [4.69, 9.17) is 9.47 Å². The number of aryl methyl sites for hydroxylation is 1. The Balaban J connectivity index is 1.20. The van der Waals surface area contributed by atoms with Crippen molar-refractivity contribution >= 4 is 33.4 Å². The van der Waals surface area contributed by atoms with Crippen LogP contribution in [0.15, 0.2) is 54.6 Å². The zero-order valence-corrected chi connectivity index (χ0v) is 27.7. The van der Waals surface area contributed by atoms with Gasteiger partial charge in [-0.1, -0.05) is 42.5 Å². The van der Waals surface area contributed by atoms with E-state index in [9.17, 15) is 33.3 Å². The maximum absolute atomic E-state index is 13.8. The lowest BCUT2D eigenvalue weighted by Crippen LogP contribution is -2.56. The summed E-state index contributed by atoms with van der Waals surface area (Å²) >= 11 is 0. The molecule has 48 heavy (non-hydrogen) atoms. The molecule has 3 aliphatic heterocycles. The van der Waals surface area contributed by atoms with E-state index in [-0.39, 0.29) is 45.6 Å². The number of amides is 2.